The van der Waals surface area contributed by atoms with Gasteiger partial charge in [-0.3, -0.25) is 14.7 Å². The number of hydrogen-bond acceptors (Lipinski definition) is 4. The molecule has 0 aliphatic carbocycles. The molecule has 3 aromatic rings. The van der Waals surface area contributed by atoms with E-state index in [4.69, 9.17) is 10.5 Å². The first-order valence-electron chi connectivity index (χ1n) is 7.94. The number of primary amides is 1. The molecule has 0 aliphatic heterocycles. The van der Waals surface area contributed by atoms with Crippen molar-refractivity contribution in [3.63, 3.8) is 0 Å². The van der Waals surface area contributed by atoms with Gasteiger partial charge in [0.2, 0.25) is 0 Å². The predicted octanol–water partition coefficient (Wildman–Crippen LogP) is 2.11. The van der Waals surface area contributed by atoms with Gasteiger partial charge in [-0.1, -0.05) is 36.4 Å². The second-order valence-electron chi connectivity index (χ2n) is 5.60. The third-order valence-corrected chi connectivity index (χ3v) is 3.95. The molecule has 0 saturated carbocycles. The molecule has 0 radical (unpaired) electrons. The van der Waals surface area contributed by atoms with Crippen molar-refractivity contribution < 1.29 is 14.3 Å². The maximum atomic E-state index is 12.3. The van der Waals surface area contributed by atoms with E-state index in [0.29, 0.717) is 29.1 Å². The fraction of sp³-hybridized carbons (Fsp3) is 0.105. The van der Waals surface area contributed by atoms with E-state index in [9.17, 15) is 9.59 Å². The molecule has 7 heteroatoms. The zero-order valence-electron chi connectivity index (χ0n) is 14.2. The second-order valence-corrected chi connectivity index (χ2v) is 5.60. The highest BCUT2D eigenvalue weighted by molar-refractivity contribution is 5.98. The van der Waals surface area contributed by atoms with E-state index in [0.717, 1.165) is 11.1 Å². The Hall–Kier alpha value is -3.61. The minimum absolute atomic E-state index is 0.212. The van der Waals surface area contributed by atoms with Crippen LogP contribution in [0.1, 0.15) is 26.3 Å². The van der Waals surface area contributed by atoms with E-state index in [1.165, 1.54) is 13.3 Å². The molecule has 4 N–H and O–H groups in total. The number of benzene rings is 2. The van der Waals surface area contributed by atoms with Crippen LogP contribution in [0.3, 0.4) is 0 Å². The molecule has 0 bridgehead atoms. The average molecular weight is 350 g/mol. The van der Waals surface area contributed by atoms with Gasteiger partial charge in [0.05, 0.1) is 30.1 Å². The van der Waals surface area contributed by atoms with Crippen LogP contribution in [0.2, 0.25) is 0 Å². The van der Waals surface area contributed by atoms with Crippen LogP contribution in [0.4, 0.5) is 0 Å². The van der Waals surface area contributed by atoms with Gasteiger partial charge in [-0.15, -0.1) is 0 Å². The number of nitrogens with one attached hydrogen (secondary N) is 2. The van der Waals surface area contributed by atoms with Gasteiger partial charge in [0, 0.05) is 12.1 Å². The molecule has 0 fully saturated rings. The van der Waals surface area contributed by atoms with Gasteiger partial charge in [-0.25, -0.2) is 0 Å². The average Bonchev–Trinajstić information content (AvgIpc) is 3.16. The van der Waals surface area contributed by atoms with E-state index in [1.807, 2.05) is 30.3 Å². The summed E-state index contributed by atoms with van der Waals surface area (Å²) < 4.78 is 5.20. The summed E-state index contributed by atoms with van der Waals surface area (Å²) in [5, 5.41) is 9.49. The van der Waals surface area contributed by atoms with Crippen LogP contribution in [0, 0.1) is 0 Å². The largest absolute Gasteiger partial charge is 0.496 e. The number of nitrogens with two attached hydrogens (primary N) is 1. The van der Waals surface area contributed by atoms with Crippen molar-refractivity contribution in [1.29, 1.82) is 0 Å². The molecule has 0 aliphatic rings. The molecule has 2 amide bonds. The molecule has 0 unspecified atom stereocenters. The maximum absolute atomic E-state index is 12.3. The lowest BCUT2D eigenvalue weighted by molar-refractivity contribution is 0.0946. The topological polar surface area (TPSA) is 110 Å². The number of ether oxygens (including phenoxy) is 1. The molecule has 7 nitrogen and oxygen atoms in total. The number of aromatic nitrogens is 2. The SMILES string of the molecule is COc1ccccc1C(=O)NCc1ccc(-c2[nH]ncc2C(N)=O)cc1. The number of carbonyl (C=O) groups is 2. The number of hydrogen-bond donors (Lipinski definition) is 3. The summed E-state index contributed by atoms with van der Waals surface area (Å²) in [6, 6.07) is 14.4. The first-order chi connectivity index (χ1) is 12.6. The van der Waals surface area contributed by atoms with E-state index < -0.39 is 5.91 Å². The van der Waals surface area contributed by atoms with Crippen LogP contribution < -0.4 is 15.8 Å². The van der Waals surface area contributed by atoms with Crippen LogP contribution >= 0.6 is 0 Å². The van der Waals surface area contributed by atoms with Crippen molar-refractivity contribution >= 4 is 11.8 Å². The van der Waals surface area contributed by atoms with Crippen molar-refractivity contribution in [2.24, 2.45) is 5.73 Å². The Kier molecular flexibility index (Phi) is 4.98. The Morgan fingerprint density at radius 3 is 2.54 bits per heavy atom. The number of carbonyl (C=O) groups excluding carboxylic acids is 2. The van der Waals surface area contributed by atoms with Gasteiger partial charge in [-0.2, -0.15) is 5.10 Å². The molecule has 0 spiro atoms. The molecule has 0 atom stereocenters. The molecule has 3 rings (SSSR count). The quantitative estimate of drug-likeness (QED) is 0.632. The zero-order chi connectivity index (χ0) is 18.5. The number of para-hydroxylation sites is 1. The fourth-order valence-corrected chi connectivity index (χ4v) is 2.59. The summed E-state index contributed by atoms with van der Waals surface area (Å²) >= 11 is 0. The normalized spacial score (nSPS) is 10.3. The molecule has 132 valence electrons. The van der Waals surface area contributed by atoms with Crippen molar-refractivity contribution in [3.05, 3.63) is 71.4 Å². The first kappa shape index (κ1) is 17.2. The van der Waals surface area contributed by atoms with Crippen LogP contribution in [0.25, 0.3) is 11.3 Å². The maximum Gasteiger partial charge on any atom is 0.255 e. The van der Waals surface area contributed by atoms with Gasteiger partial charge in [0.15, 0.2) is 0 Å². The molecule has 1 heterocycles. The fourth-order valence-electron chi connectivity index (χ4n) is 2.59. The third-order valence-electron chi connectivity index (χ3n) is 3.95. The monoisotopic (exact) mass is 350 g/mol. The van der Waals surface area contributed by atoms with E-state index in [-0.39, 0.29) is 5.91 Å². The van der Waals surface area contributed by atoms with Gasteiger partial charge in [-0.05, 0) is 17.7 Å². The third kappa shape index (κ3) is 3.56. The van der Waals surface area contributed by atoms with Gasteiger partial charge < -0.3 is 15.8 Å². The Morgan fingerprint density at radius 2 is 1.85 bits per heavy atom. The molecular formula is C19H18N4O3. The first-order valence-corrected chi connectivity index (χ1v) is 7.94. The summed E-state index contributed by atoms with van der Waals surface area (Å²) in [6.07, 6.45) is 1.40. The number of nitrogens with zero attached hydrogens (tertiary/aromatic N) is 1. The van der Waals surface area contributed by atoms with Crippen molar-refractivity contribution in [3.8, 4) is 17.0 Å². The van der Waals surface area contributed by atoms with Crippen LogP contribution in [0.15, 0.2) is 54.7 Å². The lowest BCUT2D eigenvalue weighted by Gasteiger charge is -2.09. The van der Waals surface area contributed by atoms with Crippen molar-refractivity contribution in [2.75, 3.05) is 7.11 Å². The van der Waals surface area contributed by atoms with E-state index in [2.05, 4.69) is 15.5 Å². The Bertz CT molecular complexity index is 932. The summed E-state index contributed by atoms with van der Waals surface area (Å²) in [5.41, 5.74) is 8.42. The van der Waals surface area contributed by atoms with Crippen LogP contribution in [-0.4, -0.2) is 29.1 Å². The summed E-state index contributed by atoms with van der Waals surface area (Å²) in [5.74, 6) is -0.225. The lowest BCUT2D eigenvalue weighted by atomic mass is 10.1. The summed E-state index contributed by atoms with van der Waals surface area (Å²) in [4.78, 5) is 23.7. The Morgan fingerprint density at radius 1 is 1.12 bits per heavy atom. The second kappa shape index (κ2) is 7.52. The summed E-state index contributed by atoms with van der Waals surface area (Å²) in [6.45, 7) is 0.364. The van der Waals surface area contributed by atoms with Crippen molar-refractivity contribution in [2.45, 2.75) is 6.54 Å². The van der Waals surface area contributed by atoms with Crippen LogP contribution in [0.5, 0.6) is 5.75 Å². The Labute approximate surface area is 150 Å². The standard InChI is InChI=1S/C19H18N4O3/c1-26-16-5-3-2-4-14(16)19(25)21-10-12-6-8-13(9-7-12)17-15(18(20)24)11-22-23-17/h2-9,11H,10H2,1H3,(H2,20,24)(H,21,25)(H,22,23). The highest BCUT2D eigenvalue weighted by atomic mass is 16.5. The van der Waals surface area contributed by atoms with E-state index in [1.54, 1.807) is 18.2 Å². The number of aromatic amines is 1. The molecule has 1 aromatic heterocycles. The van der Waals surface area contributed by atoms with E-state index >= 15 is 0 Å². The molecule has 2 aromatic carbocycles. The summed E-state index contributed by atoms with van der Waals surface area (Å²) in [7, 11) is 1.53. The number of H-pyrrole nitrogens is 1. The van der Waals surface area contributed by atoms with Crippen molar-refractivity contribution in [1.82, 2.24) is 15.5 Å². The smallest absolute Gasteiger partial charge is 0.255 e. The number of methoxy groups -OCH3 is 1. The number of amides is 2. The number of rotatable bonds is 6. The Balaban J connectivity index is 1.69. The lowest BCUT2D eigenvalue weighted by Crippen LogP contribution is -2.23. The highest BCUT2D eigenvalue weighted by Gasteiger charge is 2.13. The molecular weight excluding hydrogens is 332 g/mol. The predicted molar refractivity (Wildman–Crippen MR) is 96.7 cm³/mol. The molecule has 26 heavy (non-hydrogen) atoms. The highest BCUT2D eigenvalue weighted by Crippen LogP contribution is 2.21. The minimum atomic E-state index is -0.540. The van der Waals surface area contributed by atoms with Gasteiger partial charge in [0.25, 0.3) is 11.8 Å². The zero-order valence-corrected chi connectivity index (χ0v) is 14.2. The molecule has 0 saturated heterocycles. The van der Waals surface area contributed by atoms with Gasteiger partial charge in [0.1, 0.15) is 5.75 Å². The van der Waals surface area contributed by atoms with Gasteiger partial charge >= 0.3 is 0 Å². The minimum Gasteiger partial charge on any atom is -0.496 e. The van der Waals surface area contributed by atoms with Crippen LogP contribution in [-0.2, 0) is 6.54 Å².